The van der Waals surface area contributed by atoms with E-state index in [9.17, 15) is 19.5 Å². The van der Waals surface area contributed by atoms with Gasteiger partial charge >= 0.3 is 12.2 Å². The van der Waals surface area contributed by atoms with Gasteiger partial charge in [0.15, 0.2) is 0 Å². The number of amides is 3. The van der Waals surface area contributed by atoms with Crippen LogP contribution in [0.25, 0.3) is 22.3 Å². The molecule has 1 aliphatic carbocycles. The van der Waals surface area contributed by atoms with Gasteiger partial charge in [0.2, 0.25) is 5.91 Å². The zero-order valence-corrected chi connectivity index (χ0v) is 23.4. The number of nitrogens with one attached hydrogen (secondary N) is 2. The summed E-state index contributed by atoms with van der Waals surface area (Å²) in [6.07, 6.45) is 4.48. The average molecular weight is 557 g/mol. The van der Waals surface area contributed by atoms with Crippen molar-refractivity contribution < 1.29 is 24.2 Å². The first-order valence-electron chi connectivity index (χ1n) is 14.1. The number of anilines is 1. The molecule has 1 aliphatic heterocycles. The third kappa shape index (κ3) is 6.67. The summed E-state index contributed by atoms with van der Waals surface area (Å²) in [5.74, 6) is 0.705. The zero-order valence-electron chi connectivity index (χ0n) is 23.4. The topological polar surface area (TPSA) is 121 Å². The summed E-state index contributed by atoms with van der Waals surface area (Å²) in [7, 11) is 0. The van der Waals surface area contributed by atoms with E-state index in [1.165, 1.54) is 0 Å². The summed E-state index contributed by atoms with van der Waals surface area (Å²) in [5, 5.41) is 14.7. The molecule has 0 spiro atoms. The number of pyridine rings is 1. The normalized spacial score (nSPS) is 19.0. The Balaban J connectivity index is 1.29. The minimum Gasteiger partial charge on any atom is -0.465 e. The second-order valence-electron chi connectivity index (χ2n) is 11.3. The van der Waals surface area contributed by atoms with Crippen molar-refractivity contribution in [2.24, 2.45) is 5.92 Å². The quantitative estimate of drug-likeness (QED) is 0.301. The van der Waals surface area contributed by atoms with Crippen molar-refractivity contribution in [2.75, 3.05) is 18.5 Å². The van der Waals surface area contributed by atoms with Crippen LogP contribution >= 0.6 is 0 Å². The summed E-state index contributed by atoms with van der Waals surface area (Å²) in [5.41, 5.74) is 3.88. The van der Waals surface area contributed by atoms with Crippen molar-refractivity contribution in [2.45, 2.75) is 57.5 Å². The SMILES string of the molecule is CC(C)(NC(=O)O)c1ccc(-c2cnc(NC(=O)CC3CCC(N4CCOC4=O)CC3)cc2-c2ccccc2)cc1. The Kier molecular flexibility index (Phi) is 8.23. The second kappa shape index (κ2) is 12.0. The minimum atomic E-state index is -1.08. The highest BCUT2D eigenvalue weighted by atomic mass is 16.6. The van der Waals surface area contributed by atoms with E-state index < -0.39 is 11.6 Å². The Morgan fingerprint density at radius 1 is 1.00 bits per heavy atom. The average Bonchev–Trinajstić information content (AvgIpc) is 3.39. The van der Waals surface area contributed by atoms with Gasteiger partial charge in [-0.2, -0.15) is 0 Å². The van der Waals surface area contributed by atoms with E-state index in [2.05, 4.69) is 15.6 Å². The van der Waals surface area contributed by atoms with Gasteiger partial charge in [0.25, 0.3) is 0 Å². The van der Waals surface area contributed by atoms with Gasteiger partial charge in [-0.05, 0) is 73.8 Å². The Labute approximate surface area is 239 Å². The lowest BCUT2D eigenvalue weighted by Gasteiger charge is -2.32. The molecule has 0 unspecified atom stereocenters. The molecule has 0 bridgehead atoms. The molecule has 1 aromatic heterocycles. The van der Waals surface area contributed by atoms with E-state index in [0.717, 1.165) is 53.5 Å². The number of aromatic nitrogens is 1. The van der Waals surface area contributed by atoms with Crippen LogP contribution in [0.4, 0.5) is 15.4 Å². The molecule has 5 rings (SSSR count). The number of ether oxygens (including phenoxy) is 1. The Morgan fingerprint density at radius 2 is 1.68 bits per heavy atom. The number of hydrogen-bond donors (Lipinski definition) is 3. The highest BCUT2D eigenvalue weighted by Crippen LogP contribution is 2.35. The number of cyclic esters (lactones) is 1. The molecule has 0 radical (unpaired) electrons. The largest absolute Gasteiger partial charge is 0.465 e. The van der Waals surface area contributed by atoms with Crippen molar-refractivity contribution in [3.05, 3.63) is 72.4 Å². The molecule has 9 heteroatoms. The van der Waals surface area contributed by atoms with E-state index >= 15 is 0 Å². The molecule has 214 valence electrons. The molecule has 1 saturated carbocycles. The van der Waals surface area contributed by atoms with Crippen molar-refractivity contribution in [3.8, 4) is 22.3 Å². The van der Waals surface area contributed by atoms with E-state index in [-0.39, 0.29) is 24.0 Å². The number of rotatable bonds is 8. The van der Waals surface area contributed by atoms with E-state index in [4.69, 9.17) is 4.74 Å². The smallest absolute Gasteiger partial charge is 0.410 e. The fourth-order valence-corrected chi connectivity index (χ4v) is 5.87. The summed E-state index contributed by atoms with van der Waals surface area (Å²) >= 11 is 0. The van der Waals surface area contributed by atoms with Gasteiger partial charge in [-0.3, -0.25) is 4.79 Å². The molecule has 0 atom stereocenters. The maximum absolute atomic E-state index is 13.0. The molecule has 9 nitrogen and oxygen atoms in total. The highest BCUT2D eigenvalue weighted by molar-refractivity contribution is 5.92. The summed E-state index contributed by atoms with van der Waals surface area (Å²) < 4.78 is 5.08. The van der Waals surface area contributed by atoms with Crippen LogP contribution < -0.4 is 10.6 Å². The molecule has 1 saturated heterocycles. The molecule has 3 aromatic rings. The Morgan fingerprint density at radius 3 is 2.32 bits per heavy atom. The summed E-state index contributed by atoms with van der Waals surface area (Å²) in [4.78, 5) is 42.5. The van der Waals surface area contributed by atoms with Gasteiger partial charge in [-0.15, -0.1) is 0 Å². The lowest BCUT2D eigenvalue weighted by molar-refractivity contribution is -0.117. The molecule has 2 aromatic carbocycles. The number of nitrogens with zero attached hydrogens (tertiary/aromatic N) is 2. The van der Waals surface area contributed by atoms with Crippen LogP contribution in [0.2, 0.25) is 0 Å². The molecular weight excluding hydrogens is 520 g/mol. The van der Waals surface area contributed by atoms with Crippen LogP contribution in [-0.2, 0) is 15.1 Å². The van der Waals surface area contributed by atoms with Gasteiger partial charge in [0.05, 0.1) is 12.1 Å². The van der Waals surface area contributed by atoms with E-state index in [0.29, 0.717) is 25.4 Å². The molecule has 41 heavy (non-hydrogen) atoms. The van der Waals surface area contributed by atoms with Gasteiger partial charge < -0.3 is 25.4 Å². The van der Waals surface area contributed by atoms with Crippen LogP contribution in [0.15, 0.2) is 66.9 Å². The van der Waals surface area contributed by atoms with E-state index in [1.54, 1.807) is 6.20 Å². The number of carbonyl (C=O) groups is 3. The molecule has 3 amide bonds. The highest BCUT2D eigenvalue weighted by Gasteiger charge is 2.33. The molecule has 2 aliphatic rings. The predicted octanol–water partition coefficient (Wildman–Crippen LogP) is 6.26. The van der Waals surface area contributed by atoms with E-state index in [1.807, 2.05) is 79.4 Å². The standard InChI is InChI=1S/C32H36N4O5/c1-32(2,35-30(38)39)24-12-10-23(11-13-24)27-20-33-28(19-26(27)22-6-4-3-5-7-22)34-29(37)18-21-8-14-25(15-9-21)36-16-17-41-31(36)40/h3-7,10-13,19-21,25,35H,8-9,14-18H2,1-2H3,(H,38,39)(H,33,34,37). The maximum atomic E-state index is 13.0. The van der Waals surface area contributed by atoms with Gasteiger partial charge in [-0.1, -0.05) is 54.6 Å². The first-order chi connectivity index (χ1) is 19.7. The number of hydrogen-bond acceptors (Lipinski definition) is 5. The van der Waals surface area contributed by atoms with Crippen LogP contribution in [-0.4, -0.2) is 52.3 Å². The number of carbonyl (C=O) groups excluding carboxylic acids is 2. The van der Waals surface area contributed by atoms with Gasteiger partial charge in [0.1, 0.15) is 12.4 Å². The first-order valence-corrected chi connectivity index (χ1v) is 14.1. The van der Waals surface area contributed by atoms with Gasteiger partial charge in [0, 0.05) is 24.2 Å². The third-order valence-electron chi connectivity index (χ3n) is 8.12. The molecular formula is C32H36N4O5. The van der Waals surface area contributed by atoms with Gasteiger partial charge in [-0.25, -0.2) is 14.6 Å². The zero-order chi connectivity index (χ0) is 29.0. The molecule has 3 N–H and O–H groups in total. The van der Waals surface area contributed by atoms with Crippen LogP contribution in [0, 0.1) is 5.92 Å². The number of benzene rings is 2. The Bertz CT molecular complexity index is 1400. The van der Waals surface area contributed by atoms with Crippen molar-refractivity contribution in [3.63, 3.8) is 0 Å². The maximum Gasteiger partial charge on any atom is 0.410 e. The van der Waals surface area contributed by atoms with Crippen LogP contribution in [0.1, 0.15) is 51.5 Å². The van der Waals surface area contributed by atoms with Crippen molar-refractivity contribution in [1.29, 1.82) is 0 Å². The fraction of sp³-hybridized carbons (Fsp3) is 0.375. The monoisotopic (exact) mass is 556 g/mol. The number of carboxylic acid groups (broad SMARTS) is 1. The first kappa shape index (κ1) is 28.1. The Hall–Kier alpha value is -4.40. The molecule has 2 heterocycles. The minimum absolute atomic E-state index is 0.0641. The van der Waals surface area contributed by atoms with Crippen molar-refractivity contribution in [1.82, 2.24) is 15.2 Å². The molecule has 2 fully saturated rings. The predicted molar refractivity (Wildman–Crippen MR) is 156 cm³/mol. The van der Waals surface area contributed by atoms with Crippen LogP contribution in [0.3, 0.4) is 0 Å². The lowest BCUT2D eigenvalue weighted by atomic mass is 9.83. The summed E-state index contributed by atoms with van der Waals surface area (Å²) in [6, 6.07) is 19.8. The van der Waals surface area contributed by atoms with Crippen molar-refractivity contribution >= 4 is 23.9 Å². The second-order valence-corrected chi connectivity index (χ2v) is 11.3. The fourth-order valence-electron chi connectivity index (χ4n) is 5.87. The van der Waals surface area contributed by atoms with Crippen LogP contribution in [0.5, 0.6) is 0 Å². The summed E-state index contributed by atoms with van der Waals surface area (Å²) in [6.45, 7) is 4.76. The lowest BCUT2D eigenvalue weighted by Crippen LogP contribution is -2.39. The third-order valence-corrected chi connectivity index (χ3v) is 8.12.